The van der Waals surface area contributed by atoms with Crippen molar-refractivity contribution in [1.29, 1.82) is 0 Å². The second kappa shape index (κ2) is 9.78. The molecule has 1 aromatic heterocycles. The van der Waals surface area contributed by atoms with Crippen molar-refractivity contribution in [2.75, 3.05) is 51.1 Å². The van der Waals surface area contributed by atoms with Crippen molar-refractivity contribution in [1.82, 2.24) is 20.1 Å². The molecule has 0 spiro atoms. The predicted molar refractivity (Wildman–Crippen MR) is 126 cm³/mol. The average molecular weight is 470 g/mol. The van der Waals surface area contributed by atoms with Gasteiger partial charge in [-0.3, -0.25) is 24.2 Å². The number of carbonyl (C=O) groups excluding carboxylic acids is 2. The number of hydrogen-bond acceptors (Lipinski definition) is 5. The molecule has 34 heavy (non-hydrogen) atoms. The molecule has 2 amide bonds. The number of carbonyl (C=O) groups is 3. The highest BCUT2D eigenvalue weighted by Gasteiger charge is 2.26. The van der Waals surface area contributed by atoms with Gasteiger partial charge in [-0.05, 0) is 43.7 Å². The van der Waals surface area contributed by atoms with Gasteiger partial charge in [0.15, 0.2) is 0 Å². The van der Waals surface area contributed by atoms with Gasteiger partial charge >= 0.3 is 5.97 Å². The van der Waals surface area contributed by atoms with Crippen LogP contribution in [0.4, 0.5) is 10.1 Å². The Balaban J connectivity index is 1.39. The van der Waals surface area contributed by atoms with Gasteiger partial charge in [-0.1, -0.05) is 0 Å². The summed E-state index contributed by atoms with van der Waals surface area (Å²) in [7, 11) is 0. The highest BCUT2D eigenvalue weighted by molar-refractivity contribution is 6.34. The Bertz CT molecular complexity index is 1160. The number of carboxylic acids is 1. The standard InChI is InChI=1S/C24H28FN5O4/c1-14-20(12-18-17-11-16(25)3-4-19(17)28-23(18)33)27-15(2)22(14)24(34)26-5-6-29-7-9-30(10-8-29)13-21(31)32/h3-4,11-12,27H,5-10,13H2,1-2H3,(H,26,34)(H,28,33)(H,31,32)/b18-12-. The van der Waals surface area contributed by atoms with Gasteiger partial charge in [0.25, 0.3) is 11.8 Å². The van der Waals surface area contributed by atoms with E-state index in [1.807, 2.05) is 11.8 Å². The van der Waals surface area contributed by atoms with Gasteiger partial charge in [-0.2, -0.15) is 0 Å². The first kappa shape index (κ1) is 23.7. The van der Waals surface area contributed by atoms with Gasteiger partial charge < -0.3 is 20.7 Å². The maximum absolute atomic E-state index is 13.7. The lowest BCUT2D eigenvalue weighted by Crippen LogP contribution is -2.49. The van der Waals surface area contributed by atoms with E-state index in [9.17, 15) is 18.8 Å². The monoisotopic (exact) mass is 469 g/mol. The summed E-state index contributed by atoms with van der Waals surface area (Å²) in [6.07, 6.45) is 1.65. The molecule has 1 fully saturated rings. The molecule has 0 aliphatic carbocycles. The third kappa shape index (κ3) is 5.02. The molecule has 1 aromatic carbocycles. The highest BCUT2D eigenvalue weighted by atomic mass is 19.1. The number of aromatic amines is 1. The summed E-state index contributed by atoms with van der Waals surface area (Å²) in [4.78, 5) is 43.4. The quantitative estimate of drug-likeness (QED) is 0.459. The zero-order chi connectivity index (χ0) is 24.4. The van der Waals surface area contributed by atoms with Crippen molar-refractivity contribution in [3.63, 3.8) is 0 Å². The van der Waals surface area contributed by atoms with Crippen LogP contribution in [0.2, 0.25) is 0 Å². The van der Waals surface area contributed by atoms with Crippen LogP contribution in [0.25, 0.3) is 11.6 Å². The Hall–Kier alpha value is -3.50. The summed E-state index contributed by atoms with van der Waals surface area (Å²) in [5.41, 5.74) is 3.93. The van der Waals surface area contributed by atoms with Crippen LogP contribution >= 0.6 is 0 Å². The second-order valence-corrected chi connectivity index (χ2v) is 8.63. The zero-order valence-corrected chi connectivity index (χ0v) is 19.2. The first-order chi connectivity index (χ1) is 16.2. The van der Waals surface area contributed by atoms with Gasteiger partial charge in [-0.25, -0.2) is 4.39 Å². The van der Waals surface area contributed by atoms with Crippen LogP contribution in [0.1, 0.15) is 32.9 Å². The molecule has 1 saturated heterocycles. The number of hydrogen-bond donors (Lipinski definition) is 4. The topological polar surface area (TPSA) is 118 Å². The van der Waals surface area contributed by atoms with Gasteiger partial charge in [0.1, 0.15) is 5.82 Å². The third-order valence-electron chi connectivity index (χ3n) is 6.29. The average Bonchev–Trinajstić information content (AvgIpc) is 3.24. The van der Waals surface area contributed by atoms with Crippen molar-refractivity contribution in [2.45, 2.75) is 13.8 Å². The summed E-state index contributed by atoms with van der Waals surface area (Å²) in [5, 5.41) is 14.6. The number of fused-ring (bicyclic) bond motifs is 1. The number of aryl methyl sites for hydroxylation is 1. The number of aliphatic carboxylic acids is 1. The first-order valence-electron chi connectivity index (χ1n) is 11.2. The fourth-order valence-corrected chi connectivity index (χ4v) is 4.49. The molecule has 0 atom stereocenters. The molecule has 9 nitrogen and oxygen atoms in total. The number of rotatable bonds is 7. The number of carboxylic acid groups (broad SMARTS) is 1. The van der Waals surface area contributed by atoms with Crippen LogP contribution < -0.4 is 10.6 Å². The van der Waals surface area contributed by atoms with Gasteiger partial charge in [-0.15, -0.1) is 0 Å². The fourth-order valence-electron chi connectivity index (χ4n) is 4.49. The highest BCUT2D eigenvalue weighted by Crippen LogP contribution is 2.34. The van der Waals surface area contributed by atoms with E-state index in [4.69, 9.17) is 5.11 Å². The maximum atomic E-state index is 13.7. The van der Waals surface area contributed by atoms with E-state index in [1.54, 1.807) is 13.0 Å². The molecule has 10 heteroatoms. The maximum Gasteiger partial charge on any atom is 0.317 e. The van der Waals surface area contributed by atoms with E-state index in [0.717, 1.165) is 13.1 Å². The van der Waals surface area contributed by atoms with Crippen LogP contribution in [-0.2, 0) is 9.59 Å². The fraction of sp³-hybridized carbons (Fsp3) is 0.375. The van der Waals surface area contributed by atoms with Crippen molar-refractivity contribution in [2.24, 2.45) is 0 Å². The number of amides is 2. The van der Waals surface area contributed by atoms with E-state index in [2.05, 4.69) is 20.5 Å². The Morgan fingerprint density at radius 3 is 2.59 bits per heavy atom. The van der Waals surface area contributed by atoms with E-state index >= 15 is 0 Å². The minimum absolute atomic E-state index is 0.0529. The zero-order valence-electron chi connectivity index (χ0n) is 19.2. The summed E-state index contributed by atoms with van der Waals surface area (Å²) in [6, 6.07) is 4.14. The molecular formula is C24H28FN5O4. The van der Waals surface area contributed by atoms with Crippen LogP contribution in [0, 0.1) is 19.7 Å². The van der Waals surface area contributed by atoms with Crippen LogP contribution in [0.15, 0.2) is 18.2 Å². The number of aromatic nitrogens is 1. The molecule has 0 unspecified atom stereocenters. The normalized spacial score (nSPS) is 17.6. The molecule has 0 radical (unpaired) electrons. The van der Waals surface area contributed by atoms with E-state index in [-0.39, 0.29) is 18.4 Å². The number of nitrogens with one attached hydrogen (secondary N) is 3. The van der Waals surface area contributed by atoms with E-state index in [0.29, 0.717) is 65.5 Å². The van der Waals surface area contributed by atoms with E-state index < -0.39 is 11.8 Å². The number of piperazine rings is 1. The summed E-state index contributed by atoms with van der Waals surface area (Å²) >= 11 is 0. The van der Waals surface area contributed by atoms with Crippen molar-refractivity contribution in [3.05, 3.63) is 52.1 Å². The summed E-state index contributed by atoms with van der Waals surface area (Å²) in [5.74, 6) is -1.77. The molecule has 2 aliphatic heterocycles. The lowest BCUT2D eigenvalue weighted by molar-refractivity contribution is -0.138. The number of halogens is 1. The number of benzene rings is 1. The lowest BCUT2D eigenvalue weighted by atomic mass is 10.0. The molecule has 0 bridgehead atoms. The summed E-state index contributed by atoms with van der Waals surface area (Å²) < 4.78 is 13.7. The third-order valence-corrected chi connectivity index (χ3v) is 6.29. The van der Waals surface area contributed by atoms with Gasteiger partial charge in [0.2, 0.25) is 0 Å². The SMILES string of the molecule is Cc1[nH]c(/C=C2\C(=O)Nc3ccc(F)cc32)c(C)c1C(=O)NCCN1CCN(CC(=O)O)CC1. The van der Waals surface area contributed by atoms with Crippen LogP contribution in [0.5, 0.6) is 0 Å². The van der Waals surface area contributed by atoms with Crippen LogP contribution in [0.3, 0.4) is 0 Å². The van der Waals surface area contributed by atoms with Gasteiger partial charge in [0, 0.05) is 61.9 Å². The molecular weight excluding hydrogens is 441 g/mol. The Kier molecular flexibility index (Phi) is 6.80. The smallest absolute Gasteiger partial charge is 0.317 e. The molecule has 3 heterocycles. The Labute approximate surface area is 196 Å². The molecule has 2 aromatic rings. The summed E-state index contributed by atoms with van der Waals surface area (Å²) in [6.45, 7) is 7.70. The van der Waals surface area contributed by atoms with E-state index in [1.165, 1.54) is 18.2 Å². The molecule has 4 N–H and O–H groups in total. The molecule has 2 aliphatic rings. The molecule has 0 saturated carbocycles. The number of anilines is 1. The Morgan fingerprint density at radius 1 is 1.18 bits per heavy atom. The predicted octanol–water partition coefficient (Wildman–Crippen LogP) is 1.70. The number of H-pyrrole nitrogens is 1. The van der Waals surface area contributed by atoms with Crippen molar-refractivity contribution >= 4 is 35.1 Å². The minimum Gasteiger partial charge on any atom is -0.480 e. The van der Waals surface area contributed by atoms with Crippen LogP contribution in [-0.4, -0.2) is 83.5 Å². The number of nitrogens with zero attached hydrogens (tertiary/aromatic N) is 2. The second-order valence-electron chi connectivity index (χ2n) is 8.63. The minimum atomic E-state index is -0.821. The first-order valence-corrected chi connectivity index (χ1v) is 11.2. The van der Waals surface area contributed by atoms with Crippen molar-refractivity contribution in [3.8, 4) is 0 Å². The lowest BCUT2D eigenvalue weighted by Gasteiger charge is -2.33. The Morgan fingerprint density at radius 2 is 1.88 bits per heavy atom. The van der Waals surface area contributed by atoms with Crippen molar-refractivity contribution < 1.29 is 23.9 Å². The van der Waals surface area contributed by atoms with Gasteiger partial charge in [0.05, 0.1) is 17.7 Å². The molecule has 4 rings (SSSR count). The largest absolute Gasteiger partial charge is 0.480 e. The molecule has 180 valence electrons.